The van der Waals surface area contributed by atoms with Crippen LogP contribution in [0.25, 0.3) is 0 Å². The Bertz CT molecular complexity index is 740. The highest BCUT2D eigenvalue weighted by atomic mass is 16.7. The van der Waals surface area contributed by atoms with E-state index in [0.717, 1.165) is 11.1 Å². The summed E-state index contributed by atoms with van der Waals surface area (Å²) in [5, 5.41) is 0. The summed E-state index contributed by atoms with van der Waals surface area (Å²) >= 11 is 0. The number of amides is 1. The van der Waals surface area contributed by atoms with E-state index in [9.17, 15) is 4.79 Å². The van der Waals surface area contributed by atoms with Crippen LogP contribution in [0.4, 0.5) is 0 Å². The lowest BCUT2D eigenvalue weighted by Crippen LogP contribution is -2.26. The highest BCUT2D eigenvalue weighted by Gasteiger charge is 2.22. The molecule has 2 aromatic carbocycles. The zero-order chi connectivity index (χ0) is 16.2. The molecule has 23 heavy (non-hydrogen) atoms. The van der Waals surface area contributed by atoms with Gasteiger partial charge in [0.05, 0.1) is 5.92 Å². The summed E-state index contributed by atoms with van der Waals surface area (Å²) < 4.78 is 10.7. The van der Waals surface area contributed by atoms with Gasteiger partial charge >= 0.3 is 0 Å². The van der Waals surface area contributed by atoms with Crippen molar-refractivity contribution < 1.29 is 14.3 Å². The van der Waals surface area contributed by atoms with Crippen LogP contribution in [0.15, 0.2) is 53.5 Å². The van der Waals surface area contributed by atoms with Gasteiger partial charge in [-0.15, -0.1) is 0 Å². The Morgan fingerprint density at radius 1 is 1.09 bits per heavy atom. The first-order chi connectivity index (χ1) is 11.1. The minimum absolute atomic E-state index is 0.216. The molecule has 1 aliphatic rings. The van der Waals surface area contributed by atoms with E-state index in [1.54, 1.807) is 0 Å². The molecule has 0 aliphatic carbocycles. The van der Waals surface area contributed by atoms with Crippen molar-refractivity contribution in [2.75, 3.05) is 6.79 Å². The summed E-state index contributed by atoms with van der Waals surface area (Å²) in [5.41, 5.74) is 12.5. The molecule has 6 nitrogen and oxygen atoms in total. The van der Waals surface area contributed by atoms with Crippen LogP contribution in [0.5, 0.6) is 11.5 Å². The van der Waals surface area contributed by atoms with Crippen molar-refractivity contribution in [1.82, 2.24) is 0 Å². The van der Waals surface area contributed by atoms with Crippen molar-refractivity contribution in [3.05, 3.63) is 59.7 Å². The maximum atomic E-state index is 12.4. The number of guanidine groups is 1. The Kier molecular flexibility index (Phi) is 4.14. The van der Waals surface area contributed by atoms with Crippen molar-refractivity contribution in [2.24, 2.45) is 16.5 Å². The molecule has 0 spiro atoms. The van der Waals surface area contributed by atoms with E-state index in [4.69, 9.17) is 20.9 Å². The minimum atomic E-state index is -0.460. The third kappa shape index (κ3) is 3.42. The van der Waals surface area contributed by atoms with Crippen LogP contribution in [0.3, 0.4) is 0 Å². The van der Waals surface area contributed by atoms with Gasteiger partial charge in [-0.1, -0.05) is 36.4 Å². The second-order valence-electron chi connectivity index (χ2n) is 5.23. The van der Waals surface area contributed by atoms with Gasteiger partial charge in [0.1, 0.15) is 0 Å². The van der Waals surface area contributed by atoms with E-state index in [-0.39, 0.29) is 18.7 Å². The molecule has 0 saturated heterocycles. The van der Waals surface area contributed by atoms with Gasteiger partial charge in [-0.05, 0) is 29.7 Å². The Morgan fingerprint density at radius 3 is 2.57 bits per heavy atom. The number of nitrogens with zero attached hydrogens (tertiary/aromatic N) is 1. The first-order valence-corrected chi connectivity index (χ1v) is 7.20. The van der Waals surface area contributed by atoms with E-state index in [2.05, 4.69) is 4.99 Å². The van der Waals surface area contributed by atoms with Crippen molar-refractivity contribution in [3.63, 3.8) is 0 Å². The molecule has 0 unspecified atom stereocenters. The topological polar surface area (TPSA) is 99.9 Å². The molecular formula is C17H17N3O3. The summed E-state index contributed by atoms with van der Waals surface area (Å²) in [6.07, 6.45) is 0.469. The lowest BCUT2D eigenvalue weighted by Gasteiger charge is -2.14. The fraction of sp³-hybridized carbons (Fsp3) is 0.176. The van der Waals surface area contributed by atoms with Crippen LogP contribution in [0, 0.1) is 0 Å². The van der Waals surface area contributed by atoms with E-state index < -0.39 is 5.92 Å². The zero-order valence-electron chi connectivity index (χ0n) is 12.4. The number of hydrogen-bond acceptors (Lipinski definition) is 3. The molecule has 3 rings (SSSR count). The van der Waals surface area contributed by atoms with Gasteiger partial charge in [0, 0.05) is 0 Å². The van der Waals surface area contributed by atoms with Crippen molar-refractivity contribution in [1.29, 1.82) is 0 Å². The van der Waals surface area contributed by atoms with Crippen molar-refractivity contribution in [2.45, 2.75) is 12.3 Å². The third-order valence-corrected chi connectivity index (χ3v) is 3.62. The molecule has 1 aliphatic heterocycles. The van der Waals surface area contributed by atoms with Crippen LogP contribution in [-0.4, -0.2) is 18.7 Å². The number of ether oxygens (including phenoxy) is 2. The van der Waals surface area contributed by atoms with Crippen LogP contribution in [0.1, 0.15) is 17.0 Å². The van der Waals surface area contributed by atoms with E-state index in [0.29, 0.717) is 17.9 Å². The second-order valence-corrected chi connectivity index (χ2v) is 5.23. The molecule has 0 bridgehead atoms. The average molecular weight is 311 g/mol. The van der Waals surface area contributed by atoms with Gasteiger partial charge in [0.2, 0.25) is 6.79 Å². The Morgan fingerprint density at radius 2 is 1.83 bits per heavy atom. The monoisotopic (exact) mass is 311 g/mol. The SMILES string of the molecule is NC(N)=NC(=O)[C@@H](Cc1ccc2c(c1)OCO2)c1ccccc1. The lowest BCUT2D eigenvalue weighted by atomic mass is 9.91. The molecule has 0 saturated carbocycles. The largest absolute Gasteiger partial charge is 0.454 e. The van der Waals surface area contributed by atoms with Crippen LogP contribution in [0.2, 0.25) is 0 Å². The average Bonchev–Trinajstić information content (AvgIpc) is 3.00. The molecule has 0 radical (unpaired) electrons. The number of rotatable bonds is 4. The number of hydrogen-bond donors (Lipinski definition) is 2. The maximum Gasteiger partial charge on any atom is 0.256 e. The molecule has 0 fully saturated rings. The summed E-state index contributed by atoms with van der Waals surface area (Å²) in [5.74, 6) is 0.332. The third-order valence-electron chi connectivity index (χ3n) is 3.62. The number of carbonyl (C=O) groups is 1. The van der Waals surface area contributed by atoms with Gasteiger partial charge in [-0.2, -0.15) is 4.99 Å². The number of carbonyl (C=O) groups excluding carboxylic acids is 1. The van der Waals surface area contributed by atoms with Gasteiger partial charge in [0.25, 0.3) is 5.91 Å². The predicted molar refractivity (Wildman–Crippen MR) is 86.3 cm³/mol. The van der Waals surface area contributed by atoms with Crippen LogP contribution >= 0.6 is 0 Å². The Labute approximate surface area is 133 Å². The zero-order valence-corrected chi connectivity index (χ0v) is 12.4. The standard InChI is InChI=1S/C17H17N3O3/c18-17(19)20-16(21)13(12-4-2-1-3-5-12)8-11-6-7-14-15(9-11)23-10-22-14/h1-7,9,13H,8,10H2,(H4,18,19,20,21)/t13-/m0/s1. The highest BCUT2D eigenvalue weighted by Crippen LogP contribution is 2.34. The molecule has 1 atom stereocenters. The fourth-order valence-electron chi connectivity index (χ4n) is 2.54. The molecular weight excluding hydrogens is 294 g/mol. The maximum absolute atomic E-state index is 12.4. The molecule has 0 aromatic heterocycles. The highest BCUT2D eigenvalue weighted by molar-refractivity contribution is 5.95. The number of fused-ring (bicyclic) bond motifs is 1. The van der Waals surface area contributed by atoms with Gasteiger partial charge in [-0.25, -0.2) is 0 Å². The molecule has 2 aromatic rings. The molecule has 6 heteroatoms. The van der Waals surface area contributed by atoms with E-state index >= 15 is 0 Å². The quantitative estimate of drug-likeness (QED) is 0.659. The van der Waals surface area contributed by atoms with Crippen LogP contribution < -0.4 is 20.9 Å². The first-order valence-electron chi connectivity index (χ1n) is 7.20. The van der Waals surface area contributed by atoms with Gasteiger partial charge in [-0.3, -0.25) is 4.79 Å². The van der Waals surface area contributed by atoms with Crippen molar-refractivity contribution >= 4 is 11.9 Å². The normalized spacial score (nSPS) is 13.4. The molecule has 1 amide bonds. The summed E-state index contributed by atoms with van der Waals surface area (Å²) in [6, 6.07) is 15.1. The minimum Gasteiger partial charge on any atom is -0.454 e. The summed E-state index contributed by atoms with van der Waals surface area (Å²) in [6.45, 7) is 0.216. The molecule has 118 valence electrons. The predicted octanol–water partition coefficient (Wildman–Crippen LogP) is 1.54. The Hall–Kier alpha value is -3.02. The first kappa shape index (κ1) is 14.9. The number of benzene rings is 2. The smallest absolute Gasteiger partial charge is 0.256 e. The van der Waals surface area contributed by atoms with Gasteiger partial charge in [0.15, 0.2) is 17.5 Å². The van der Waals surface area contributed by atoms with Crippen molar-refractivity contribution in [3.8, 4) is 11.5 Å². The summed E-state index contributed by atoms with van der Waals surface area (Å²) in [4.78, 5) is 16.1. The molecule has 1 heterocycles. The van der Waals surface area contributed by atoms with E-state index in [1.807, 2.05) is 48.5 Å². The number of nitrogens with two attached hydrogens (primary N) is 2. The number of aliphatic imine (C=N–C) groups is 1. The lowest BCUT2D eigenvalue weighted by molar-refractivity contribution is -0.119. The van der Waals surface area contributed by atoms with Crippen LogP contribution in [-0.2, 0) is 11.2 Å². The Balaban J connectivity index is 1.89. The summed E-state index contributed by atoms with van der Waals surface area (Å²) in [7, 11) is 0. The van der Waals surface area contributed by atoms with E-state index in [1.165, 1.54) is 0 Å². The molecule has 4 N–H and O–H groups in total. The second kappa shape index (κ2) is 6.39. The fourth-order valence-corrected chi connectivity index (χ4v) is 2.54. The van der Waals surface area contributed by atoms with Gasteiger partial charge < -0.3 is 20.9 Å².